The topological polar surface area (TPSA) is 50.4 Å². The van der Waals surface area contributed by atoms with Crippen LogP contribution in [0.5, 0.6) is 0 Å². The SMILES string of the molecule is CCc1c(C)sc(NC(=S)NC(C)c2ccc(C)cc2)c1C(=O)OC. The average molecular weight is 377 g/mol. The molecular formula is C19H24N2O2S2. The zero-order valence-corrected chi connectivity index (χ0v) is 16.9. The lowest BCUT2D eigenvalue weighted by Gasteiger charge is -2.17. The summed E-state index contributed by atoms with van der Waals surface area (Å²) in [6, 6.07) is 8.39. The van der Waals surface area contributed by atoms with E-state index in [1.165, 1.54) is 24.0 Å². The van der Waals surface area contributed by atoms with Gasteiger partial charge in [-0.25, -0.2) is 4.79 Å². The number of benzene rings is 1. The van der Waals surface area contributed by atoms with Crippen LogP contribution in [0.1, 0.15) is 51.8 Å². The smallest absolute Gasteiger partial charge is 0.341 e. The molecule has 0 bridgehead atoms. The van der Waals surface area contributed by atoms with E-state index in [0.29, 0.717) is 10.7 Å². The van der Waals surface area contributed by atoms with Crippen molar-refractivity contribution in [3.8, 4) is 0 Å². The van der Waals surface area contributed by atoms with Crippen LogP contribution < -0.4 is 10.6 Å². The summed E-state index contributed by atoms with van der Waals surface area (Å²) in [7, 11) is 1.40. The van der Waals surface area contributed by atoms with E-state index in [1.807, 2.05) is 13.8 Å². The Balaban J connectivity index is 2.15. The fourth-order valence-electron chi connectivity index (χ4n) is 2.68. The Morgan fingerprint density at radius 2 is 1.92 bits per heavy atom. The summed E-state index contributed by atoms with van der Waals surface area (Å²) in [4.78, 5) is 13.3. The molecule has 134 valence electrons. The van der Waals surface area contributed by atoms with Gasteiger partial charge in [-0.2, -0.15) is 0 Å². The van der Waals surface area contributed by atoms with E-state index >= 15 is 0 Å². The van der Waals surface area contributed by atoms with Crippen molar-refractivity contribution in [1.82, 2.24) is 5.32 Å². The zero-order chi connectivity index (χ0) is 18.6. The molecule has 0 amide bonds. The third kappa shape index (κ3) is 4.58. The Labute approximate surface area is 158 Å². The number of rotatable bonds is 5. The van der Waals surface area contributed by atoms with Gasteiger partial charge in [0, 0.05) is 4.88 Å². The monoisotopic (exact) mass is 376 g/mol. The van der Waals surface area contributed by atoms with Crippen LogP contribution in [-0.4, -0.2) is 18.2 Å². The van der Waals surface area contributed by atoms with Gasteiger partial charge in [-0.05, 0) is 50.5 Å². The first-order valence-corrected chi connectivity index (χ1v) is 9.44. The lowest BCUT2D eigenvalue weighted by atomic mass is 10.1. The minimum Gasteiger partial charge on any atom is -0.465 e. The summed E-state index contributed by atoms with van der Waals surface area (Å²) in [5, 5.41) is 7.66. The van der Waals surface area contributed by atoms with Crippen LogP contribution in [0.25, 0.3) is 0 Å². The van der Waals surface area contributed by atoms with Gasteiger partial charge in [0.15, 0.2) is 5.11 Å². The number of esters is 1. The second-order valence-electron chi connectivity index (χ2n) is 5.92. The number of carbonyl (C=O) groups is 1. The van der Waals surface area contributed by atoms with Gasteiger partial charge in [-0.1, -0.05) is 36.8 Å². The van der Waals surface area contributed by atoms with Gasteiger partial charge in [-0.15, -0.1) is 11.3 Å². The van der Waals surface area contributed by atoms with E-state index in [1.54, 1.807) is 0 Å². The molecule has 1 aromatic carbocycles. The highest BCUT2D eigenvalue weighted by Gasteiger charge is 2.22. The van der Waals surface area contributed by atoms with Crippen molar-refractivity contribution in [2.75, 3.05) is 12.4 Å². The average Bonchev–Trinajstić information content (AvgIpc) is 2.89. The van der Waals surface area contributed by atoms with Crippen molar-refractivity contribution >= 4 is 39.6 Å². The Morgan fingerprint density at radius 1 is 1.28 bits per heavy atom. The molecular weight excluding hydrogens is 352 g/mol. The molecule has 4 nitrogen and oxygen atoms in total. The quantitative estimate of drug-likeness (QED) is 0.582. The predicted octanol–water partition coefficient (Wildman–Crippen LogP) is 4.76. The summed E-state index contributed by atoms with van der Waals surface area (Å²) in [5.41, 5.74) is 3.97. The van der Waals surface area contributed by atoms with Crippen LogP contribution in [0.15, 0.2) is 24.3 Å². The summed E-state index contributed by atoms with van der Waals surface area (Å²) in [6.07, 6.45) is 0.772. The Morgan fingerprint density at radius 3 is 2.48 bits per heavy atom. The van der Waals surface area contributed by atoms with E-state index < -0.39 is 0 Å². The fraction of sp³-hybridized carbons (Fsp3) is 0.368. The standard InChI is InChI=1S/C19H24N2O2S2/c1-6-15-13(4)25-17(16(15)18(22)23-5)21-19(24)20-12(3)14-9-7-11(2)8-10-14/h7-10,12H,6H2,1-5H3,(H2,20,21,24). The molecule has 0 saturated carbocycles. The minimum atomic E-state index is -0.335. The third-order valence-corrected chi connectivity index (χ3v) is 5.39. The van der Waals surface area contributed by atoms with Gasteiger partial charge in [0.05, 0.1) is 18.7 Å². The number of hydrogen-bond acceptors (Lipinski definition) is 4. The van der Waals surface area contributed by atoms with E-state index in [0.717, 1.165) is 27.4 Å². The highest BCUT2D eigenvalue weighted by atomic mass is 32.1. The molecule has 1 aromatic heterocycles. The molecule has 0 aliphatic carbocycles. The number of ether oxygens (including phenoxy) is 1. The first-order valence-electron chi connectivity index (χ1n) is 8.22. The Hall–Kier alpha value is -1.92. The molecule has 0 spiro atoms. The molecule has 0 radical (unpaired) electrons. The normalized spacial score (nSPS) is 11.7. The molecule has 0 saturated heterocycles. The number of carbonyl (C=O) groups excluding carboxylic acids is 1. The van der Waals surface area contributed by atoms with Gasteiger partial charge in [-0.3, -0.25) is 0 Å². The second-order valence-corrected chi connectivity index (χ2v) is 7.55. The minimum absolute atomic E-state index is 0.0638. The molecule has 6 heteroatoms. The number of anilines is 1. The van der Waals surface area contributed by atoms with Crippen molar-refractivity contribution in [3.05, 3.63) is 51.4 Å². The molecule has 2 aromatic rings. The summed E-state index contributed by atoms with van der Waals surface area (Å²) < 4.78 is 4.94. The van der Waals surface area contributed by atoms with Crippen LogP contribution in [0, 0.1) is 13.8 Å². The molecule has 2 N–H and O–H groups in total. The molecule has 0 fully saturated rings. The number of hydrogen-bond donors (Lipinski definition) is 2. The van der Waals surface area contributed by atoms with Gasteiger partial charge in [0.25, 0.3) is 0 Å². The van der Waals surface area contributed by atoms with Crippen LogP contribution in [0.3, 0.4) is 0 Å². The predicted molar refractivity (Wildman–Crippen MR) is 109 cm³/mol. The largest absolute Gasteiger partial charge is 0.465 e. The van der Waals surface area contributed by atoms with Crippen molar-refractivity contribution in [3.63, 3.8) is 0 Å². The first-order chi connectivity index (χ1) is 11.9. The zero-order valence-electron chi connectivity index (χ0n) is 15.2. The number of nitrogens with one attached hydrogen (secondary N) is 2. The fourth-order valence-corrected chi connectivity index (χ4v) is 4.17. The number of thiocarbonyl (C=S) groups is 1. The number of aryl methyl sites for hydroxylation is 2. The molecule has 0 aliphatic heterocycles. The molecule has 1 atom stereocenters. The number of methoxy groups -OCH3 is 1. The van der Waals surface area contributed by atoms with E-state index in [9.17, 15) is 4.79 Å². The van der Waals surface area contributed by atoms with Gasteiger partial charge < -0.3 is 15.4 Å². The van der Waals surface area contributed by atoms with E-state index in [4.69, 9.17) is 17.0 Å². The van der Waals surface area contributed by atoms with Crippen molar-refractivity contribution < 1.29 is 9.53 Å². The maximum absolute atomic E-state index is 12.2. The lowest BCUT2D eigenvalue weighted by Crippen LogP contribution is -2.31. The Bertz CT molecular complexity index is 766. The summed E-state index contributed by atoms with van der Waals surface area (Å²) in [5.74, 6) is -0.335. The van der Waals surface area contributed by atoms with Crippen LogP contribution in [0.4, 0.5) is 5.00 Å². The highest BCUT2D eigenvalue weighted by Crippen LogP contribution is 2.34. The number of thiophene rings is 1. The van der Waals surface area contributed by atoms with E-state index in [2.05, 4.69) is 48.7 Å². The Kier molecular flexibility index (Phi) is 6.56. The van der Waals surface area contributed by atoms with Crippen LogP contribution >= 0.6 is 23.6 Å². The first kappa shape index (κ1) is 19.4. The van der Waals surface area contributed by atoms with Crippen molar-refractivity contribution in [1.29, 1.82) is 0 Å². The maximum Gasteiger partial charge on any atom is 0.341 e. The van der Waals surface area contributed by atoms with Crippen LogP contribution in [0.2, 0.25) is 0 Å². The van der Waals surface area contributed by atoms with Gasteiger partial charge >= 0.3 is 5.97 Å². The third-order valence-electron chi connectivity index (χ3n) is 4.10. The molecule has 25 heavy (non-hydrogen) atoms. The highest BCUT2D eigenvalue weighted by molar-refractivity contribution is 7.80. The molecule has 1 unspecified atom stereocenters. The molecule has 1 heterocycles. The molecule has 2 rings (SSSR count). The lowest BCUT2D eigenvalue weighted by molar-refractivity contribution is 0.0601. The molecule has 0 aliphatic rings. The van der Waals surface area contributed by atoms with Crippen LogP contribution in [-0.2, 0) is 11.2 Å². The van der Waals surface area contributed by atoms with Gasteiger partial charge in [0.2, 0.25) is 0 Å². The van der Waals surface area contributed by atoms with Crippen molar-refractivity contribution in [2.24, 2.45) is 0 Å². The summed E-state index contributed by atoms with van der Waals surface area (Å²) >= 11 is 6.96. The van der Waals surface area contributed by atoms with Gasteiger partial charge in [0.1, 0.15) is 5.00 Å². The summed E-state index contributed by atoms with van der Waals surface area (Å²) in [6.45, 7) is 8.15. The second kappa shape index (κ2) is 8.45. The van der Waals surface area contributed by atoms with Crippen molar-refractivity contribution in [2.45, 2.75) is 40.2 Å². The van der Waals surface area contributed by atoms with E-state index in [-0.39, 0.29) is 12.0 Å². The maximum atomic E-state index is 12.2.